The second-order valence-electron chi connectivity index (χ2n) is 6.72. The first kappa shape index (κ1) is 17.6. The normalized spacial score (nSPS) is 16.7. The molecule has 1 unspecified atom stereocenters. The molecule has 1 aliphatic heterocycles. The molecule has 0 aliphatic carbocycles. The monoisotopic (exact) mass is 365 g/mol. The predicted molar refractivity (Wildman–Crippen MR) is 103 cm³/mol. The van der Waals surface area contributed by atoms with Gasteiger partial charge < -0.3 is 10.1 Å². The van der Waals surface area contributed by atoms with Crippen LogP contribution in [0.4, 0.5) is 5.69 Å². The highest BCUT2D eigenvalue weighted by Gasteiger charge is 2.23. The lowest BCUT2D eigenvalue weighted by molar-refractivity contribution is -0.119. The number of nitrogens with one attached hydrogen (secondary N) is 1. The Morgan fingerprint density at radius 1 is 1.22 bits per heavy atom. The van der Waals surface area contributed by atoms with Gasteiger partial charge in [0.25, 0.3) is 5.78 Å². The summed E-state index contributed by atoms with van der Waals surface area (Å²) in [5, 5.41) is 11.5. The van der Waals surface area contributed by atoms with Gasteiger partial charge in [-0.05, 0) is 31.4 Å². The number of ether oxygens (including phenoxy) is 1. The van der Waals surface area contributed by atoms with Gasteiger partial charge in [0.15, 0.2) is 0 Å². The molecule has 4 rings (SSSR count). The van der Waals surface area contributed by atoms with Gasteiger partial charge in [-0.15, -0.1) is 5.10 Å². The van der Waals surface area contributed by atoms with Crippen LogP contribution in [0, 0.1) is 5.92 Å². The number of imidazole rings is 1. The summed E-state index contributed by atoms with van der Waals surface area (Å²) in [7, 11) is 0. The number of hydrogen-bond acceptors (Lipinski definition) is 5. The first-order valence-corrected chi connectivity index (χ1v) is 9.42. The Hall–Kier alpha value is -2.80. The van der Waals surface area contributed by atoms with Gasteiger partial charge in [-0.3, -0.25) is 9.20 Å². The van der Waals surface area contributed by atoms with Gasteiger partial charge in [0.1, 0.15) is 0 Å². The summed E-state index contributed by atoms with van der Waals surface area (Å²) in [5.74, 6) is 0.572. The molecule has 1 aliphatic rings. The van der Waals surface area contributed by atoms with Crippen molar-refractivity contribution in [1.29, 1.82) is 0 Å². The summed E-state index contributed by atoms with van der Waals surface area (Å²) in [4.78, 5) is 16.8. The second-order valence-corrected chi connectivity index (χ2v) is 6.72. The zero-order valence-corrected chi connectivity index (χ0v) is 15.6. The van der Waals surface area contributed by atoms with Crippen LogP contribution in [0.2, 0.25) is 0 Å². The largest absolute Gasteiger partial charge is 0.381 e. The van der Waals surface area contributed by atoms with Crippen LogP contribution < -0.4 is 5.32 Å². The maximum atomic E-state index is 12.2. The minimum atomic E-state index is -0.0538. The van der Waals surface area contributed by atoms with Gasteiger partial charge in [-0.1, -0.05) is 26.0 Å². The smallest absolute Gasteiger partial charge is 0.254 e. The number of hydrogen-bond donors (Lipinski definition) is 1. The third kappa shape index (κ3) is 3.42. The number of nitrogens with zero attached hydrogens (tertiary/aromatic N) is 4. The van der Waals surface area contributed by atoms with Crippen molar-refractivity contribution in [2.24, 2.45) is 5.92 Å². The molecule has 1 aromatic carbocycles. The van der Waals surface area contributed by atoms with E-state index < -0.39 is 0 Å². The zero-order chi connectivity index (χ0) is 18.8. The third-order valence-corrected chi connectivity index (χ3v) is 4.99. The number of fused-ring (bicyclic) bond motifs is 1. The number of anilines is 1. The lowest BCUT2D eigenvalue weighted by Gasteiger charge is -2.09. The van der Waals surface area contributed by atoms with Crippen molar-refractivity contribution in [2.75, 3.05) is 18.5 Å². The van der Waals surface area contributed by atoms with E-state index in [4.69, 9.17) is 4.74 Å². The Morgan fingerprint density at radius 3 is 2.70 bits per heavy atom. The average Bonchev–Trinajstić information content (AvgIpc) is 3.37. The summed E-state index contributed by atoms with van der Waals surface area (Å²) < 4.78 is 7.30. The van der Waals surface area contributed by atoms with E-state index in [9.17, 15) is 4.79 Å². The van der Waals surface area contributed by atoms with Crippen molar-refractivity contribution in [2.45, 2.75) is 33.1 Å². The van der Waals surface area contributed by atoms with Crippen LogP contribution in [0.3, 0.4) is 0 Å². The highest BCUT2D eigenvalue weighted by Crippen LogP contribution is 2.23. The van der Waals surface area contributed by atoms with E-state index >= 15 is 0 Å². The summed E-state index contributed by atoms with van der Waals surface area (Å²) in [6, 6.07) is 7.72. The van der Waals surface area contributed by atoms with Gasteiger partial charge >= 0.3 is 0 Å². The van der Waals surface area contributed by atoms with E-state index in [-0.39, 0.29) is 11.8 Å². The minimum Gasteiger partial charge on any atom is -0.381 e. The van der Waals surface area contributed by atoms with E-state index in [0.717, 1.165) is 47.6 Å². The average molecular weight is 365 g/mol. The van der Waals surface area contributed by atoms with Crippen LogP contribution in [-0.4, -0.2) is 38.7 Å². The first-order chi connectivity index (χ1) is 13.2. The Kier molecular flexibility index (Phi) is 4.85. The molecular weight excluding hydrogens is 342 g/mol. The molecule has 3 aromatic rings. The zero-order valence-electron chi connectivity index (χ0n) is 15.6. The van der Waals surface area contributed by atoms with Gasteiger partial charge in [0.2, 0.25) is 5.91 Å². The highest BCUT2D eigenvalue weighted by molar-refractivity contribution is 5.93. The Balaban J connectivity index is 1.57. The molecule has 7 nitrogen and oxygen atoms in total. The highest BCUT2D eigenvalue weighted by atomic mass is 16.5. The van der Waals surface area contributed by atoms with Crippen LogP contribution in [0.25, 0.3) is 17.0 Å². The van der Waals surface area contributed by atoms with E-state index in [2.05, 4.69) is 34.3 Å². The maximum Gasteiger partial charge on any atom is 0.254 e. The van der Waals surface area contributed by atoms with Crippen molar-refractivity contribution in [3.05, 3.63) is 41.9 Å². The van der Waals surface area contributed by atoms with Gasteiger partial charge in [0.05, 0.1) is 23.9 Å². The molecule has 3 heterocycles. The number of amides is 1. The molecule has 7 heteroatoms. The lowest BCUT2D eigenvalue weighted by atomic mass is 10.1. The number of aryl methyl sites for hydroxylation is 2. The second kappa shape index (κ2) is 7.44. The molecule has 1 atom stereocenters. The fourth-order valence-electron chi connectivity index (χ4n) is 3.44. The minimum absolute atomic E-state index is 0.0166. The summed E-state index contributed by atoms with van der Waals surface area (Å²) >= 11 is 0. The van der Waals surface area contributed by atoms with Crippen molar-refractivity contribution in [3.63, 3.8) is 0 Å². The number of carbonyl (C=O) groups is 1. The predicted octanol–water partition coefficient (Wildman–Crippen LogP) is 2.89. The van der Waals surface area contributed by atoms with Crippen molar-refractivity contribution >= 4 is 17.4 Å². The molecule has 0 radical (unpaired) electrons. The van der Waals surface area contributed by atoms with Crippen LogP contribution in [-0.2, 0) is 22.4 Å². The number of carbonyl (C=O) groups excluding carboxylic acids is 1. The molecule has 1 amide bonds. The fourth-order valence-corrected chi connectivity index (χ4v) is 3.44. The quantitative estimate of drug-likeness (QED) is 0.752. The van der Waals surface area contributed by atoms with E-state index in [0.29, 0.717) is 19.0 Å². The molecule has 27 heavy (non-hydrogen) atoms. The molecule has 0 bridgehead atoms. The summed E-state index contributed by atoms with van der Waals surface area (Å²) in [6.45, 7) is 5.36. The molecule has 1 saturated heterocycles. The van der Waals surface area contributed by atoms with Crippen molar-refractivity contribution in [3.8, 4) is 11.3 Å². The maximum absolute atomic E-state index is 12.2. The van der Waals surface area contributed by atoms with Crippen LogP contribution in [0.5, 0.6) is 0 Å². The van der Waals surface area contributed by atoms with Crippen LogP contribution in [0.1, 0.15) is 31.7 Å². The molecular formula is C20H23N5O2. The Bertz CT molecular complexity index is 958. The van der Waals surface area contributed by atoms with Gasteiger partial charge in [-0.2, -0.15) is 5.10 Å². The number of aromatic nitrogens is 4. The first-order valence-electron chi connectivity index (χ1n) is 9.42. The fraction of sp³-hybridized carbons (Fsp3) is 0.400. The van der Waals surface area contributed by atoms with Gasteiger partial charge in [-0.25, -0.2) is 4.98 Å². The Labute approximate surface area is 157 Å². The van der Waals surface area contributed by atoms with E-state index in [1.54, 1.807) is 0 Å². The van der Waals surface area contributed by atoms with E-state index in [1.165, 1.54) is 0 Å². The Morgan fingerprint density at radius 2 is 2.04 bits per heavy atom. The summed E-state index contributed by atoms with van der Waals surface area (Å²) in [5.41, 5.74) is 4.74. The van der Waals surface area contributed by atoms with Crippen molar-refractivity contribution in [1.82, 2.24) is 19.6 Å². The molecule has 1 fully saturated rings. The topological polar surface area (TPSA) is 81.4 Å². The number of benzene rings is 1. The van der Waals surface area contributed by atoms with Gasteiger partial charge in [0, 0.05) is 29.7 Å². The molecule has 0 saturated carbocycles. The van der Waals surface area contributed by atoms with Crippen LogP contribution in [0.15, 0.2) is 30.5 Å². The lowest BCUT2D eigenvalue weighted by Crippen LogP contribution is -2.22. The van der Waals surface area contributed by atoms with E-state index in [1.807, 2.05) is 34.9 Å². The number of rotatable bonds is 5. The van der Waals surface area contributed by atoms with Crippen LogP contribution >= 0.6 is 0 Å². The standard InChI is InChI=1S/C20H23N5O2/c1-3-16-18(4-2)25-11-17(22-20(25)24-23-16)13-5-7-15(8-6-13)21-19(26)14-9-10-27-12-14/h5-8,11,14H,3-4,9-10,12H2,1-2H3,(H,21,26). The summed E-state index contributed by atoms with van der Waals surface area (Å²) in [6.07, 6.45) is 4.51. The molecule has 0 spiro atoms. The third-order valence-electron chi connectivity index (χ3n) is 4.99. The molecule has 140 valence electrons. The molecule has 1 N–H and O–H groups in total. The molecule has 2 aromatic heterocycles. The SMILES string of the molecule is CCc1nnc2nc(-c3ccc(NC(=O)C4CCOC4)cc3)cn2c1CC. The van der Waals surface area contributed by atoms with Crippen molar-refractivity contribution < 1.29 is 9.53 Å².